The quantitative estimate of drug-likeness (QED) is 0.767. The van der Waals surface area contributed by atoms with Gasteiger partial charge in [0, 0.05) is 16.9 Å². The fraction of sp³-hybridized carbons (Fsp3) is 0.222. The molecule has 5 nitrogen and oxygen atoms in total. The first-order valence-corrected chi connectivity index (χ1v) is 7.56. The van der Waals surface area contributed by atoms with Crippen molar-refractivity contribution in [2.24, 2.45) is 5.73 Å². The largest absolute Gasteiger partial charge is 0.374 e. The van der Waals surface area contributed by atoms with Gasteiger partial charge in [0.2, 0.25) is 11.8 Å². The first-order chi connectivity index (χ1) is 11.0. The van der Waals surface area contributed by atoms with Crippen LogP contribution in [0, 0.1) is 0 Å². The van der Waals surface area contributed by atoms with Crippen molar-refractivity contribution in [3.8, 4) is 0 Å². The number of hydrogen-bond acceptors (Lipinski definition) is 3. The number of nitrogens with one attached hydrogen (secondary N) is 2. The number of rotatable bonds is 6. The van der Waals surface area contributed by atoms with Crippen LogP contribution in [0.25, 0.3) is 0 Å². The first kappa shape index (κ1) is 16.5. The van der Waals surface area contributed by atoms with Crippen LogP contribution in [0.4, 0.5) is 11.4 Å². The average molecular weight is 311 g/mol. The molecular formula is C18H21N3O2. The Morgan fingerprint density at radius 3 is 2.09 bits per heavy atom. The van der Waals surface area contributed by atoms with E-state index in [-0.39, 0.29) is 5.91 Å². The Hall–Kier alpha value is -2.82. The Morgan fingerprint density at radius 2 is 1.57 bits per heavy atom. The highest BCUT2D eigenvalue weighted by molar-refractivity contribution is 5.97. The van der Waals surface area contributed by atoms with Crippen LogP contribution in [-0.4, -0.2) is 17.9 Å². The van der Waals surface area contributed by atoms with E-state index in [0.29, 0.717) is 11.3 Å². The second kappa shape index (κ2) is 7.45. The molecule has 4 N–H and O–H groups in total. The molecule has 1 unspecified atom stereocenters. The topological polar surface area (TPSA) is 84.2 Å². The van der Waals surface area contributed by atoms with Crippen molar-refractivity contribution in [3.63, 3.8) is 0 Å². The molecule has 120 valence electrons. The van der Waals surface area contributed by atoms with Gasteiger partial charge in [0.1, 0.15) is 6.04 Å². The van der Waals surface area contributed by atoms with Gasteiger partial charge in [-0.05, 0) is 55.3 Å². The van der Waals surface area contributed by atoms with Gasteiger partial charge < -0.3 is 16.4 Å². The van der Waals surface area contributed by atoms with Crippen molar-refractivity contribution in [2.45, 2.75) is 26.3 Å². The molecule has 2 rings (SSSR count). The number of amides is 2. The van der Waals surface area contributed by atoms with E-state index in [9.17, 15) is 9.59 Å². The van der Waals surface area contributed by atoms with E-state index in [1.165, 1.54) is 5.56 Å². The first-order valence-electron chi connectivity index (χ1n) is 7.56. The lowest BCUT2D eigenvalue weighted by Gasteiger charge is -2.15. The van der Waals surface area contributed by atoms with E-state index < -0.39 is 11.9 Å². The zero-order valence-corrected chi connectivity index (χ0v) is 13.3. The molecule has 0 radical (unpaired) electrons. The van der Waals surface area contributed by atoms with Crippen LogP contribution in [0.5, 0.6) is 0 Å². The van der Waals surface area contributed by atoms with Gasteiger partial charge in [0.15, 0.2) is 0 Å². The summed E-state index contributed by atoms with van der Waals surface area (Å²) in [6, 6.07) is 14.1. The van der Waals surface area contributed by atoms with Gasteiger partial charge in [-0.25, -0.2) is 0 Å². The van der Waals surface area contributed by atoms with Gasteiger partial charge in [-0.1, -0.05) is 19.1 Å². The standard InChI is InChI=1S/C18H21N3O2/c1-3-13-4-8-15(9-5-13)20-12(2)18(23)21-16-10-6-14(7-11-16)17(19)22/h4-12,20H,3H2,1-2H3,(H2,19,22)(H,21,23). The second-order valence-corrected chi connectivity index (χ2v) is 5.35. The van der Waals surface area contributed by atoms with Gasteiger partial charge in [-0.3, -0.25) is 9.59 Å². The van der Waals surface area contributed by atoms with Crippen molar-refractivity contribution in [3.05, 3.63) is 59.7 Å². The van der Waals surface area contributed by atoms with E-state index in [1.807, 2.05) is 24.3 Å². The highest BCUT2D eigenvalue weighted by Crippen LogP contribution is 2.13. The number of carbonyl (C=O) groups is 2. The third-order valence-corrected chi connectivity index (χ3v) is 3.58. The van der Waals surface area contributed by atoms with Gasteiger partial charge >= 0.3 is 0 Å². The van der Waals surface area contributed by atoms with E-state index in [0.717, 1.165) is 12.1 Å². The normalized spacial score (nSPS) is 11.6. The van der Waals surface area contributed by atoms with Gasteiger partial charge in [-0.15, -0.1) is 0 Å². The zero-order valence-electron chi connectivity index (χ0n) is 13.3. The van der Waals surface area contributed by atoms with E-state index in [2.05, 4.69) is 17.6 Å². The minimum absolute atomic E-state index is 0.156. The third-order valence-electron chi connectivity index (χ3n) is 3.58. The smallest absolute Gasteiger partial charge is 0.248 e. The molecule has 0 aliphatic heterocycles. The molecule has 23 heavy (non-hydrogen) atoms. The molecule has 0 heterocycles. The Labute approximate surface area is 135 Å². The molecule has 1 atom stereocenters. The van der Waals surface area contributed by atoms with Crippen LogP contribution in [0.2, 0.25) is 0 Å². The lowest BCUT2D eigenvalue weighted by Crippen LogP contribution is -2.31. The molecule has 0 aromatic heterocycles. The highest BCUT2D eigenvalue weighted by Gasteiger charge is 2.13. The maximum Gasteiger partial charge on any atom is 0.248 e. The van der Waals surface area contributed by atoms with Crippen LogP contribution in [0.1, 0.15) is 29.8 Å². The molecule has 0 saturated carbocycles. The van der Waals surface area contributed by atoms with E-state index in [1.54, 1.807) is 31.2 Å². The third kappa shape index (κ3) is 4.57. The average Bonchev–Trinajstić information content (AvgIpc) is 2.56. The second-order valence-electron chi connectivity index (χ2n) is 5.35. The molecule has 0 spiro atoms. The molecule has 5 heteroatoms. The van der Waals surface area contributed by atoms with Crippen LogP contribution in [0.3, 0.4) is 0 Å². The maximum absolute atomic E-state index is 12.2. The molecule has 2 aromatic rings. The number of primary amides is 1. The van der Waals surface area contributed by atoms with Crippen LogP contribution in [-0.2, 0) is 11.2 Å². The van der Waals surface area contributed by atoms with Crippen molar-refractivity contribution in [1.82, 2.24) is 0 Å². The summed E-state index contributed by atoms with van der Waals surface area (Å²) in [5.74, 6) is -0.648. The van der Waals surface area contributed by atoms with Crippen LogP contribution in [0.15, 0.2) is 48.5 Å². The minimum Gasteiger partial charge on any atom is -0.374 e. The maximum atomic E-state index is 12.2. The SMILES string of the molecule is CCc1ccc(NC(C)C(=O)Nc2ccc(C(N)=O)cc2)cc1. The summed E-state index contributed by atoms with van der Waals surface area (Å²) in [6.07, 6.45) is 0.984. The highest BCUT2D eigenvalue weighted by atomic mass is 16.2. The van der Waals surface area contributed by atoms with E-state index in [4.69, 9.17) is 5.73 Å². The number of carbonyl (C=O) groups excluding carboxylic acids is 2. The zero-order chi connectivity index (χ0) is 16.8. The number of hydrogen-bond donors (Lipinski definition) is 3. The molecule has 0 aliphatic rings. The summed E-state index contributed by atoms with van der Waals surface area (Å²) in [5.41, 5.74) is 8.36. The van der Waals surface area contributed by atoms with Crippen molar-refractivity contribution in [1.29, 1.82) is 0 Å². The Bertz CT molecular complexity index is 678. The lowest BCUT2D eigenvalue weighted by atomic mass is 10.1. The Morgan fingerprint density at radius 1 is 1.00 bits per heavy atom. The summed E-state index contributed by atoms with van der Waals surface area (Å²) in [5, 5.41) is 5.95. The van der Waals surface area contributed by atoms with Crippen molar-refractivity contribution in [2.75, 3.05) is 10.6 Å². The molecule has 2 aromatic carbocycles. The predicted octanol–water partition coefficient (Wildman–Crippen LogP) is 2.79. The van der Waals surface area contributed by atoms with Gasteiger partial charge in [-0.2, -0.15) is 0 Å². The fourth-order valence-corrected chi connectivity index (χ4v) is 2.12. The molecule has 0 aliphatic carbocycles. The minimum atomic E-state index is -0.492. The monoisotopic (exact) mass is 311 g/mol. The van der Waals surface area contributed by atoms with Crippen molar-refractivity contribution < 1.29 is 9.59 Å². The number of nitrogens with two attached hydrogens (primary N) is 1. The van der Waals surface area contributed by atoms with E-state index >= 15 is 0 Å². The Kier molecular flexibility index (Phi) is 5.36. The Balaban J connectivity index is 1.94. The van der Waals surface area contributed by atoms with Gasteiger partial charge in [0.25, 0.3) is 0 Å². The molecule has 2 amide bonds. The van der Waals surface area contributed by atoms with Gasteiger partial charge in [0.05, 0.1) is 0 Å². The molecular weight excluding hydrogens is 290 g/mol. The predicted molar refractivity (Wildman–Crippen MR) is 92.5 cm³/mol. The molecule has 0 bridgehead atoms. The van der Waals surface area contributed by atoms with Crippen LogP contribution >= 0.6 is 0 Å². The van der Waals surface area contributed by atoms with Crippen LogP contribution < -0.4 is 16.4 Å². The summed E-state index contributed by atoms with van der Waals surface area (Å²) in [4.78, 5) is 23.2. The molecule has 0 fully saturated rings. The number of benzene rings is 2. The molecule has 0 saturated heterocycles. The fourth-order valence-electron chi connectivity index (χ4n) is 2.12. The summed E-state index contributed by atoms with van der Waals surface area (Å²) in [7, 11) is 0. The number of aryl methyl sites for hydroxylation is 1. The lowest BCUT2D eigenvalue weighted by molar-refractivity contribution is -0.116. The summed E-state index contributed by atoms with van der Waals surface area (Å²) < 4.78 is 0. The summed E-state index contributed by atoms with van der Waals surface area (Å²) in [6.45, 7) is 3.89. The number of anilines is 2. The van der Waals surface area contributed by atoms with Crippen molar-refractivity contribution >= 4 is 23.2 Å². The summed E-state index contributed by atoms with van der Waals surface area (Å²) >= 11 is 0.